The number of anilines is 1. The summed E-state index contributed by atoms with van der Waals surface area (Å²) in [6.45, 7) is 3.57. The molecule has 0 bridgehead atoms. The van der Waals surface area contributed by atoms with Crippen LogP contribution in [0.25, 0.3) is 10.2 Å². The first-order valence-electron chi connectivity index (χ1n) is 11.8. The number of carbonyl (C=O) groups is 2. The highest BCUT2D eigenvalue weighted by Crippen LogP contribution is 2.33. The van der Waals surface area contributed by atoms with Gasteiger partial charge in [-0.2, -0.15) is 0 Å². The van der Waals surface area contributed by atoms with Crippen molar-refractivity contribution in [2.75, 3.05) is 33.3 Å². The molecule has 0 aliphatic carbocycles. The molecule has 198 valence electrons. The molecule has 1 heterocycles. The van der Waals surface area contributed by atoms with E-state index in [-0.39, 0.29) is 24.5 Å². The zero-order chi connectivity index (χ0) is 27.2. The average Bonchev–Trinajstić information content (AvgIpc) is 3.34. The zero-order valence-electron chi connectivity index (χ0n) is 21.8. The lowest BCUT2D eigenvalue weighted by Crippen LogP contribution is -2.31. The molecule has 0 unspecified atom stereocenters. The van der Waals surface area contributed by atoms with E-state index in [2.05, 4.69) is 15.6 Å². The molecule has 1 aromatic heterocycles. The maximum atomic E-state index is 13.0. The number of nitrogens with zero attached hydrogens (tertiary/aromatic N) is 1. The first-order chi connectivity index (χ1) is 18.3. The highest BCUT2D eigenvalue weighted by atomic mass is 32.1. The van der Waals surface area contributed by atoms with Crippen molar-refractivity contribution in [2.24, 2.45) is 0 Å². The lowest BCUT2D eigenvalue weighted by Gasteiger charge is -2.14. The van der Waals surface area contributed by atoms with E-state index in [1.54, 1.807) is 38.5 Å². The molecule has 3 aromatic carbocycles. The fourth-order valence-corrected chi connectivity index (χ4v) is 4.82. The third-order valence-corrected chi connectivity index (χ3v) is 6.90. The number of rotatable bonds is 10. The van der Waals surface area contributed by atoms with Crippen LogP contribution in [-0.4, -0.2) is 44.7 Å². The highest BCUT2D eigenvalue weighted by molar-refractivity contribution is 7.20. The van der Waals surface area contributed by atoms with Gasteiger partial charge >= 0.3 is 0 Å². The summed E-state index contributed by atoms with van der Waals surface area (Å²) in [6.07, 6.45) is 0. The number of carbonyl (C=O) groups excluding carboxylic acids is 2. The molecule has 2 amide bonds. The van der Waals surface area contributed by atoms with Crippen LogP contribution in [0.15, 0.2) is 54.6 Å². The van der Waals surface area contributed by atoms with Crippen LogP contribution < -0.4 is 29.6 Å². The largest absolute Gasteiger partial charge is 0.497 e. The summed E-state index contributed by atoms with van der Waals surface area (Å²) < 4.78 is 22.4. The molecule has 0 aliphatic heterocycles. The molecule has 0 saturated carbocycles. The van der Waals surface area contributed by atoms with Crippen LogP contribution in [0.1, 0.15) is 34.5 Å². The normalized spacial score (nSPS) is 11.5. The lowest BCUT2D eigenvalue weighted by molar-refractivity contribution is -0.123. The molecule has 4 aromatic rings. The summed E-state index contributed by atoms with van der Waals surface area (Å²) in [5.41, 5.74) is 3.39. The summed E-state index contributed by atoms with van der Waals surface area (Å²) in [5.74, 6) is 1.28. The topological polar surface area (TPSA) is 108 Å². The maximum Gasteiger partial charge on any atom is 0.274 e. The molecule has 0 spiro atoms. The predicted octanol–water partition coefficient (Wildman–Crippen LogP) is 5.14. The van der Waals surface area contributed by atoms with Gasteiger partial charge in [0.2, 0.25) is 0 Å². The Balaban J connectivity index is 1.38. The average molecular weight is 536 g/mol. The molecule has 0 aliphatic rings. The summed E-state index contributed by atoms with van der Waals surface area (Å²) in [7, 11) is 4.69. The van der Waals surface area contributed by atoms with E-state index in [1.165, 1.54) is 18.4 Å². The highest BCUT2D eigenvalue weighted by Gasteiger charge is 2.18. The number of hydrogen-bond donors (Lipinski definition) is 2. The van der Waals surface area contributed by atoms with Gasteiger partial charge in [-0.25, -0.2) is 4.98 Å². The second-order valence-corrected chi connectivity index (χ2v) is 9.43. The van der Waals surface area contributed by atoms with Crippen molar-refractivity contribution in [1.82, 2.24) is 10.3 Å². The van der Waals surface area contributed by atoms with Crippen LogP contribution in [0.4, 0.5) is 5.69 Å². The summed E-state index contributed by atoms with van der Waals surface area (Å²) in [4.78, 5) is 29.8. The Morgan fingerprint density at radius 2 is 1.74 bits per heavy atom. The van der Waals surface area contributed by atoms with E-state index < -0.39 is 0 Å². The van der Waals surface area contributed by atoms with Gasteiger partial charge in [0.1, 0.15) is 17.2 Å². The maximum absolute atomic E-state index is 13.0. The zero-order valence-corrected chi connectivity index (χ0v) is 22.6. The fraction of sp³-hybridized carbons (Fsp3) is 0.250. The third-order valence-electron chi connectivity index (χ3n) is 5.97. The van der Waals surface area contributed by atoms with Crippen molar-refractivity contribution >= 4 is 39.1 Å². The molecular weight excluding hydrogens is 506 g/mol. The van der Waals surface area contributed by atoms with Crippen LogP contribution >= 0.6 is 11.3 Å². The van der Waals surface area contributed by atoms with Gasteiger partial charge in [-0.15, -0.1) is 0 Å². The Morgan fingerprint density at radius 3 is 2.42 bits per heavy atom. The van der Waals surface area contributed by atoms with Crippen LogP contribution in [0, 0.1) is 6.92 Å². The Morgan fingerprint density at radius 1 is 0.974 bits per heavy atom. The van der Waals surface area contributed by atoms with Gasteiger partial charge < -0.3 is 29.6 Å². The van der Waals surface area contributed by atoms with Crippen molar-refractivity contribution in [1.29, 1.82) is 0 Å². The van der Waals surface area contributed by atoms with Crippen LogP contribution in [0.3, 0.4) is 0 Å². The van der Waals surface area contributed by atoms with E-state index in [1.807, 2.05) is 44.2 Å². The van der Waals surface area contributed by atoms with E-state index in [0.717, 1.165) is 21.6 Å². The van der Waals surface area contributed by atoms with Crippen molar-refractivity contribution in [3.63, 3.8) is 0 Å². The Kier molecular flexibility index (Phi) is 8.32. The number of thiazole rings is 1. The molecule has 9 nitrogen and oxygen atoms in total. The van der Waals surface area contributed by atoms with Gasteiger partial charge in [-0.1, -0.05) is 23.5 Å². The molecule has 0 fully saturated rings. The number of hydrogen-bond acceptors (Lipinski definition) is 8. The predicted molar refractivity (Wildman–Crippen MR) is 147 cm³/mol. The molecule has 38 heavy (non-hydrogen) atoms. The van der Waals surface area contributed by atoms with Crippen molar-refractivity contribution < 1.29 is 28.5 Å². The van der Waals surface area contributed by atoms with E-state index in [0.29, 0.717) is 33.5 Å². The molecule has 0 saturated heterocycles. The summed E-state index contributed by atoms with van der Waals surface area (Å²) >= 11 is 1.29. The van der Waals surface area contributed by atoms with E-state index in [4.69, 9.17) is 18.9 Å². The molecule has 1 atom stereocenters. The van der Waals surface area contributed by atoms with Crippen molar-refractivity contribution in [3.05, 3.63) is 71.3 Å². The number of methoxy groups -OCH3 is 3. The Hall–Kier alpha value is -4.31. The molecule has 10 heteroatoms. The standard InChI is InChI=1S/C28H29N3O6S/c1-16-23(35-4)13-11-21(26(16)36-5)27(33)30-19-8-12-22-24(14-19)38-28(31-22)37-15-25(32)29-17(2)18-6-9-20(34-3)10-7-18/h6-14,17H,15H2,1-5H3,(H,29,32)(H,30,33)/t17-/m0/s1. The van der Waals surface area contributed by atoms with E-state index >= 15 is 0 Å². The molecular formula is C28H29N3O6S. The van der Waals surface area contributed by atoms with Crippen LogP contribution in [0.2, 0.25) is 0 Å². The second-order valence-electron chi connectivity index (χ2n) is 8.44. The second kappa shape index (κ2) is 11.8. The third kappa shape index (κ3) is 5.97. The van der Waals surface area contributed by atoms with Gasteiger partial charge in [0.25, 0.3) is 17.0 Å². The number of aromatic nitrogens is 1. The smallest absolute Gasteiger partial charge is 0.274 e. The van der Waals surface area contributed by atoms with Crippen LogP contribution in [-0.2, 0) is 4.79 Å². The number of amides is 2. The minimum Gasteiger partial charge on any atom is -0.497 e. The Labute approximate surface area is 224 Å². The number of nitrogens with one attached hydrogen (secondary N) is 2. The van der Waals surface area contributed by atoms with Crippen molar-refractivity contribution in [2.45, 2.75) is 19.9 Å². The van der Waals surface area contributed by atoms with Crippen LogP contribution in [0.5, 0.6) is 22.4 Å². The quantitative estimate of drug-likeness (QED) is 0.290. The number of fused-ring (bicyclic) bond motifs is 1. The first kappa shape index (κ1) is 26.7. The number of ether oxygens (including phenoxy) is 4. The first-order valence-corrected chi connectivity index (χ1v) is 12.6. The minimum absolute atomic E-state index is 0.166. The van der Waals surface area contributed by atoms with Gasteiger partial charge in [0, 0.05) is 11.3 Å². The van der Waals surface area contributed by atoms with Gasteiger partial charge in [0.15, 0.2) is 6.61 Å². The molecule has 4 rings (SSSR count). The van der Waals surface area contributed by atoms with Gasteiger partial charge in [0.05, 0.1) is 43.2 Å². The van der Waals surface area contributed by atoms with Gasteiger partial charge in [-0.05, 0) is 61.9 Å². The molecule has 2 N–H and O–H groups in total. The monoisotopic (exact) mass is 535 g/mol. The lowest BCUT2D eigenvalue weighted by atomic mass is 10.1. The molecule has 0 radical (unpaired) electrons. The fourth-order valence-electron chi connectivity index (χ4n) is 3.96. The van der Waals surface area contributed by atoms with Gasteiger partial charge in [-0.3, -0.25) is 9.59 Å². The summed E-state index contributed by atoms with van der Waals surface area (Å²) in [5, 5.41) is 6.17. The van der Waals surface area contributed by atoms with E-state index in [9.17, 15) is 9.59 Å². The number of benzene rings is 3. The summed E-state index contributed by atoms with van der Waals surface area (Å²) in [6, 6.07) is 16.1. The Bertz CT molecular complexity index is 1450. The minimum atomic E-state index is -0.310. The SMILES string of the molecule is COc1ccc([C@H](C)NC(=O)COc2nc3ccc(NC(=O)c4ccc(OC)c(C)c4OC)cc3s2)cc1. The van der Waals surface area contributed by atoms with Crippen molar-refractivity contribution in [3.8, 4) is 22.4 Å².